The molecule has 5 nitrogen and oxygen atoms in total. The van der Waals surface area contributed by atoms with Crippen LogP contribution in [0.2, 0.25) is 0 Å². The zero-order valence-electron chi connectivity index (χ0n) is 20.5. The number of carbonyl (C=O) groups excluding carboxylic acids is 1. The van der Waals surface area contributed by atoms with Crippen LogP contribution in [0.5, 0.6) is 0 Å². The van der Waals surface area contributed by atoms with E-state index in [1.807, 2.05) is 54.6 Å². The van der Waals surface area contributed by atoms with Gasteiger partial charge in [0.25, 0.3) is 0 Å². The number of benzene rings is 3. The number of hydrogen-bond donors (Lipinski definition) is 1. The molecule has 1 aromatic heterocycles. The number of hydrogen-bond acceptors (Lipinski definition) is 4. The Morgan fingerprint density at radius 3 is 1.92 bits per heavy atom. The van der Waals surface area contributed by atoms with Crippen molar-refractivity contribution < 1.29 is 4.79 Å². The first-order valence-corrected chi connectivity index (χ1v) is 12.8. The Bertz CT molecular complexity index is 1180. The molecule has 0 unspecified atom stereocenters. The Balaban J connectivity index is 1.12. The van der Waals surface area contributed by atoms with Crippen LogP contribution in [0.4, 0.5) is 5.82 Å². The number of amides is 1. The number of carbonyl (C=O) groups is 1. The van der Waals surface area contributed by atoms with Gasteiger partial charge in [0.1, 0.15) is 0 Å². The minimum Gasteiger partial charge on any atom is -0.356 e. The Labute approximate surface area is 213 Å². The van der Waals surface area contributed by atoms with Crippen LogP contribution in [0.3, 0.4) is 0 Å². The van der Waals surface area contributed by atoms with Crippen molar-refractivity contribution in [2.45, 2.75) is 25.2 Å². The molecule has 0 aliphatic carbocycles. The van der Waals surface area contributed by atoms with E-state index in [1.54, 1.807) is 0 Å². The van der Waals surface area contributed by atoms with E-state index in [9.17, 15) is 4.79 Å². The molecule has 2 heterocycles. The lowest BCUT2D eigenvalue weighted by Crippen LogP contribution is -2.41. The fourth-order valence-corrected chi connectivity index (χ4v) is 5.01. The van der Waals surface area contributed by atoms with Gasteiger partial charge in [-0.1, -0.05) is 91.0 Å². The molecule has 1 amide bonds. The minimum atomic E-state index is 0.0460. The Morgan fingerprint density at radius 2 is 1.36 bits per heavy atom. The maximum atomic E-state index is 12.9. The van der Waals surface area contributed by atoms with E-state index in [2.05, 4.69) is 68.9 Å². The summed E-state index contributed by atoms with van der Waals surface area (Å²) < 4.78 is 0. The average Bonchev–Trinajstić information content (AvgIpc) is 2.97. The Morgan fingerprint density at radius 1 is 0.778 bits per heavy atom. The molecule has 0 bridgehead atoms. The molecule has 1 aliphatic rings. The molecule has 0 saturated carbocycles. The first-order valence-electron chi connectivity index (χ1n) is 12.8. The van der Waals surface area contributed by atoms with Crippen molar-refractivity contribution in [1.29, 1.82) is 0 Å². The summed E-state index contributed by atoms with van der Waals surface area (Å²) in [7, 11) is 0. The Kier molecular flexibility index (Phi) is 7.67. The second kappa shape index (κ2) is 11.6. The highest BCUT2D eigenvalue weighted by Gasteiger charge is 2.26. The van der Waals surface area contributed by atoms with Gasteiger partial charge in [0.2, 0.25) is 5.91 Å². The summed E-state index contributed by atoms with van der Waals surface area (Å²) >= 11 is 0. The normalized spacial score (nSPS) is 14.1. The van der Waals surface area contributed by atoms with E-state index in [0.29, 0.717) is 6.54 Å². The lowest BCUT2D eigenvalue weighted by molar-refractivity contribution is -0.125. The van der Waals surface area contributed by atoms with Crippen LogP contribution in [0.15, 0.2) is 103 Å². The predicted octanol–water partition coefficient (Wildman–Crippen LogP) is 5.70. The molecule has 5 heteroatoms. The van der Waals surface area contributed by atoms with E-state index in [0.717, 1.165) is 49.4 Å². The van der Waals surface area contributed by atoms with Crippen molar-refractivity contribution in [2.75, 3.05) is 24.5 Å². The molecular formula is C31H32N4O. The molecule has 4 aromatic rings. The average molecular weight is 477 g/mol. The molecule has 0 radical (unpaired) electrons. The molecule has 3 aromatic carbocycles. The van der Waals surface area contributed by atoms with Crippen LogP contribution in [0.1, 0.15) is 36.3 Å². The standard InChI is InChI=1S/C31H32N4O/c36-31(32-21-18-28(24-10-4-1-5-11-24)25-12-6-2-7-13-25)27-19-22-35(23-20-27)30-17-16-29(33-34-30)26-14-8-3-9-15-26/h1-17,27-28H,18-23H2,(H,32,36). The van der Waals surface area contributed by atoms with Gasteiger partial charge >= 0.3 is 0 Å². The molecule has 1 N–H and O–H groups in total. The molecule has 0 spiro atoms. The third kappa shape index (κ3) is 5.80. The lowest BCUT2D eigenvalue weighted by Gasteiger charge is -2.32. The zero-order chi connectivity index (χ0) is 24.6. The minimum absolute atomic E-state index is 0.0460. The number of rotatable bonds is 8. The van der Waals surface area contributed by atoms with Crippen molar-refractivity contribution in [3.63, 3.8) is 0 Å². The summed E-state index contributed by atoms with van der Waals surface area (Å²) in [6.07, 6.45) is 2.53. The lowest BCUT2D eigenvalue weighted by atomic mass is 9.88. The highest BCUT2D eigenvalue weighted by atomic mass is 16.1. The summed E-state index contributed by atoms with van der Waals surface area (Å²) in [5.74, 6) is 1.36. The van der Waals surface area contributed by atoms with Crippen LogP contribution < -0.4 is 10.2 Å². The van der Waals surface area contributed by atoms with Gasteiger partial charge in [0.05, 0.1) is 5.69 Å². The van der Waals surface area contributed by atoms with Gasteiger partial charge in [-0.05, 0) is 42.5 Å². The SMILES string of the molecule is O=C(NCCC(c1ccccc1)c1ccccc1)C1CCN(c2ccc(-c3ccccc3)nn2)CC1. The van der Waals surface area contributed by atoms with E-state index < -0.39 is 0 Å². The van der Waals surface area contributed by atoms with Crippen molar-refractivity contribution >= 4 is 11.7 Å². The van der Waals surface area contributed by atoms with Gasteiger partial charge in [0.15, 0.2) is 5.82 Å². The van der Waals surface area contributed by atoms with Gasteiger partial charge in [-0.25, -0.2) is 0 Å². The molecule has 0 atom stereocenters. The monoisotopic (exact) mass is 476 g/mol. The number of piperidine rings is 1. The summed E-state index contributed by atoms with van der Waals surface area (Å²) in [5.41, 5.74) is 4.50. The first-order chi connectivity index (χ1) is 17.8. The van der Waals surface area contributed by atoms with Gasteiger partial charge < -0.3 is 10.2 Å². The van der Waals surface area contributed by atoms with Crippen LogP contribution in [0.25, 0.3) is 11.3 Å². The van der Waals surface area contributed by atoms with Gasteiger partial charge in [-0.2, -0.15) is 0 Å². The van der Waals surface area contributed by atoms with Crippen LogP contribution in [-0.2, 0) is 4.79 Å². The van der Waals surface area contributed by atoms with Crippen LogP contribution in [-0.4, -0.2) is 35.7 Å². The van der Waals surface area contributed by atoms with Crippen molar-refractivity contribution in [1.82, 2.24) is 15.5 Å². The smallest absolute Gasteiger partial charge is 0.223 e. The molecule has 1 fully saturated rings. The van der Waals surface area contributed by atoms with Crippen molar-refractivity contribution in [3.05, 3.63) is 114 Å². The van der Waals surface area contributed by atoms with Crippen molar-refractivity contribution in [2.24, 2.45) is 5.92 Å². The largest absolute Gasteiger partial charge is 0.356 e. The van der Waals surface area contributed by atoms with Gasteiger partial charge in [-0.15, -0.1) is 10.2 Å². The van der Waals surface area contributed by atoms with Gasteiger partial charge in [0, 0.05) is 37.0 Å². The molecule has 182 valence electrons. The third-order valence-corrected chi connectivity index (χ3v) is 7.05. The third-order valence-electron chi connectivity index (χ3n) is 7.05. The fraction of sp³-hybridized carbons (Fsp3) is 0.258. The molecular weight excluding hydrogens is 444 g/mol. The number of anilines is 1. The molecule has 36 heavy (non-hydrogen) atoms. The number of nitrogens with zero attached hydrogens (tertiary/aromatic N) is 3. The van der Waals surface area contributed by atoms with Crippen molar-refractivity contribution in [3.8, 4) is 11.3 Å². The second-order valence-electron chi connectivity index (χ2n) is 9.36. The van der Waals surface area contributed by atoms with E-state index in [-0.39, 0.29) is 17.7 Å². The van der Waals surface area contributed by atoms with E-state index >= 15 is 0 Å². The Hall–Kier alpha value is -3.99. The van der Waals surface area contributed by atoms with Crippen LogP contribution in [0, 0.1) is 5.92 Å². The highest BCUT2D eigenvalue weighted by molar-refractivity contribution is 5.79. The van der Waals surface area contributed by atoms with E-state index in [4.69, 9.17) is 0 Å². The van der Waals surface area contributed by atoms with E-state index in [1.165, 1.54) is 11.1 Å². The second-order valence-corrected chi connectivity index (χ2v) is 9.36. The number of nitrogens with one attached hydrogen (secondary N) is 1. The fourth-order valence-electron chi connectivity index (χ4n) is 5.01. The maximum absolute atomic E-state index is 12.9. The predicted molar refractivity (Wildman–Crippen MR) is 145 cm³/mol. The topological polar surface area (TPSA) is 58.1 Å². The summed E-state index contributed by atoms with van der Waals surface area (Å²) in [6, 6.07) is 35.2. The maximum Gasteiger partial charge on any atom is 0.223 e. The molecule has 1 saturated heterocycles. The first kappa shape index (κ1) is 23.7. The van der Waals surface area contributed by atoms with Gasteiger partial charge in [-0.3, -0.25) is 4.79 Å². The zero-order valence-corrected chi connectivity index (χ0v) is 20.5. The number of aromatic nitrogens is 2. The van der Waals surface area contributed by atoms with Crippen LogP contribution >= 0.6 is 0 Å². The summed E-state index contributed by atoms with van der Waals surface area (Å²) in [5, 5.41) is 12.1. The summed E-state index contributed by atoms with van der Waals surface area (Å²) in [6.45, 7) is 2.29. The molecule has 1 aliphatic heterocycles. The summed E-state index contributed by atoms with van der Waals surface area (Å²) in [4.78, 5) is 15.2. The quantitative estimate of drug-likeness (QED) is 0.355. The molecule has 5 rings (SSSR count). The highest BCUT2D eigenvalue weighted by Crippen LogP contribution is 2.28.